The van der Waals surface area contributed by atoms with Crippen molar-refractivity contribution in [3.63, 3.8) is 0 Å². The Kier molecular flexibility index (Phi) is 6.51. The molecule has 7 nitrogen and oxygen atoms in total. The number of para-hydroxylation sites is 1. The molecule has 30 heavy (non-hydrogen) atoms. The number of amides is 2. The van der Waals surface area contributed by atoms with E-state index in [1.807, 2.05) is 26.0 Å². The van der Waals surface area contributed by atoms with E-state index in [-0.39, 0.29) is 17.6 Å². The number of anilines is 1. The molecule has 156 valence electrons. The van der Waals surface area contributed by atoms with Crippen LogP contribution in [0.25, 0.3) is 11.0 Å². The van der Waals surface area contributed by atoms with Crippen LogP contribution in [0.1, 0.15) is 36.2 Å². The number of hydrogen-bond donors (Lipinski definition) is 2. The third kappa shape index (κ3) is 5.05. The number of nitrogens with one attached hydrogen (secondary N) is 2. The number of benzene rings is 2. The van der Waals surface area contributed by atoms with Crippen molar-refractivity contribution in [3.8, 4) is 5.75 Å². The van der Waals surface area contributed by atoms with E-state index in [1.54, 1.807) is 37.4 Å². The zero-order valence-corrected chi connectivity index (χ0v) is 17.2. The highest BCUT2D eigenvalue weighted by atomic mass is 16.5. The maximum atomic E-state index is 12.8. The Morgan fingerprint density at radius 3 is 2.60 bits per heavy atom. The first-order chi connectivity index (χ1) is 14.4. The van der Waals surface area contributed by atoms with Crippen molar-refractivity contribution in [2.24, 2.45) is 0 Å². The molecule has 2 N–H and O–H groups in total. The minimum atomic E-state index is -0.732. The molecule has 3 rings (SSSR count). The molecule has 2 amide bonds. The Labute approximate surface area is 174 Å². The first-order valence-corrected chi connectivity index (χ1v) is 9.71. The summed E-state index contributed by atoms with van der Waals surface area (Å²) in [6.07, 6.45) is 0.742. The predicted octanol–water partition coefficient (Wildman–Crippen LogP) is 3.51. The first kappa shape index (κ1) is 21.1. The van der Waals surface area contributed by atoms with Gasteiger partial charge in [0, 0.05) is 30.6 Å². The average molecular weight is 408 g/mol. The highest BCUT2D eigenvalue weighted by molar-refractivity contribution is 6.05. The maximum absolute atomic E-state index is 12.8. The van der Waals surface area contributed by atoms with Gasteiger partial charge in [-0.3, -0.25) is 9.59 Å². The average Bonchev–Trinajstić information content (AvgIpc) is 2.71. The topological polar surface area (TPSA) is 97.6 Å². The molecule has 0 fully saturated rings. The monoisotopic (exact) mass is 408 g/mol. The Bertz CT molecular complexity index is 1130. The third-order valence-corrected chi connectivity index (χ3v) is 4.49. The van der Waals surface area contributed by atoms with E-state index in [0.29, 0.717) is 35.2 Å². The summed E-state index contributed by atoms with van der Waals surface area (Å²) in [6.45, 7) is 3.81. The summed E-state index contributed by atoms with van der Waals surface area (Å²) in [7, 11) is 1.58. The summed E-state index contributed by atoms with van der Waals surface area (Å²) in [6, 6.07) is 13.8. The SMILES string of the molecule is CNC(=O)CCc1ccccc1NC(=O)c1cc2ccc(OC(C)C)cc2oc1=O. The smallest absolute Gasteiger partial charge is 0.349 e. The molecule has 0 aliphatic heterocycles. The van der Waals surface area contributed by atoms with Crippen LogP contribution in [-0.4, -0.2) is 25.0 Å². The Hall–Kier alpha value is -3.61. The Morgan fingerprint density at radius 2 is 1.87 bits per heavy atom. The van der Waals surface area contributed by atoms with Gasteiger partial charge >= 0.3 is 5.63 Å². The molecular formula is C23H24N2O5. The fraction of sp³-hybridized carbons (Fsp3) is 0.261. The van der Waals surface area contributed by atoms with E-state index >= 15 is 0 Å². The van der Waals surface area contributed by atoms with Crippen LogP contribution in [0.2, 0.25) is 0 Å². The van der Waals surface area contributed by atoms with Crippen LogP contribution < -0.4 is 21.0 Å². The van der Waals surface area contributed by atoms with E-state index in [0.717, 1.165) is 5.56 Å². The van der Waals surface area contributed by atoms with Gasteiger partial charge in [-0.25, -0.2) is 4.79 Å². The highest BCUT2D eigenvalue weighted by Gasteiger charge is 2.16. The standard InChI is InChI=1S/C23H24N2O5/c1-14(2)29-17-10-8-16-12-18(23(28)30-20(16)13-17)22(27)25-19-7-5-4-6-15(19)9-11-21(26)24-3/h4-8,10,12-14H,9,11H2,1-3H3,(H,24,26)(H,25,27). The van der Waals surface area contributed by atoms with Gasteiger partial charge in [-0.05, 0) is 50.1 Å². The molecular weight excluding hydrogens is 384 g/mol. The minimum absolute atomic E-state index is 0.0114. The fourth-order valence-electron chi connectivity index (χ4n) is 3.02. The van der Waals surface area contributed by atoms with E-state index in [4.69, 9.17) is 9.15 Å². The number of hydrogen-bond acceptors (Lipinski definition) is 5. The Balaban J connectivity index is 1.84. The lowest BCUT2D eigenvalue weighted by Gasteiger charge is -2.11. The van der Waals surface area contributed by atoms with Crippen LogP contribution in [0.5, 0.6) is 5.75 Å². The molecule has 0 bridgehead atoms. The largest absolute Gasteiger partial charge is 0.491 e. The zero-order valence-electron chi connectivity index (χ0n) is 17.2. The zero-order chi connectivity index (χ0) is 21.7. The quantitative estimate of drug-likeness (QED) is 0.583. The molecule has 0 saturated carbocycles. The number of ether oxygens (including phenoxy) is 1. The van der Waals surface area contributed by atoms with E-state index in [9.17, 15) is 14.4 Å². The van der Waals surface area contributed by atoms with Gasteiger partial charge in [0.05, 0.1) is 6.10 Å². The molecule has 1 aromatic heterocycles. The second-order valence-electron chi connectivity index (χ2n) is 7.10. The molecule has 0 unspecified atom stereocenters. The van der Waals surface area contributed by atoms with Gasteiger partial charge in [0.15, 0.2) is 0 Å². The molecule has 0 saturated heterocycles. The van der Waals surface area contributed by atoms with Crippen molar-refractivity contribution in [1.29, 1.82) is 0 Å². The van der Waals surface area contributed by atoms with E-state index < -0.39 is 11.5 Å². The molecule has 3 aromatic rings. The molecule has 2 aromatic carbocycles. The normalized spacial score (nSPS) is 10.8. The summed E-state index contributed by atoms with van der Waals surface area (Å²) in [5.41, 5.74) is 0.869. The van der Waals surface area contributed by atoms with Gasteiger partial charge in [-0.15, -0.1) is 0 Å². The van der Waals surface area contributed by atoms with Crippen LogP contribution >= 0.6 is 0 Å². The predicted molar refractivity (Wildman–Crippen MR) is 115 cm³/mol. The molecule has 0 radical (unpaired) electrons. The van der Waals surface area contributed by atoms with Crippen LogP contribution in [0, 0.1) is 0 Å². The van der Waals surface area contributed by atoms with Gasteiger partial charge in [-0.1, -0.05) is 18.2 Å². The van der Waals surface area contributed by atoms with E-state index in [1.165, 1.54) is 6.07 Å². The lowest BCUT2D eigenvalue weighted by Crippen LogP contribution is -2.22. The number of fused-ring (bicyclic) bond motifs is 1. The van der Waals surface area contributed by atoms with Crippen molar-refractivity contribution in [1.82, 2.24) is 5.32 Å². The van der Waals surface area contributed by atoms with Crippen LogP contribution in [0.3, 0.4) is 0 Å². The number of carbonyl (C=O) groups is 2. The van der Waals surface area contributed by atoms with Crippen molar-refractivity contribution in [2.75, 3.05) is 12.4 Å². The minimum Gasteiger partial charge on any atom is -0.491 e. The van der Waals surface area contributed by atoms with Crippen molar-refractivity contribution in [3.05, 3.63) is 70.1 Å². The summed E-state index contributed by atoms with van der Waals surface area (Å²) in [5, 5.41) is 5.94. The number of carbonyl (C=O) groups excluding carboxylic acids is 2. The van der Waals surface area contributed by atoms with Crippen LogP contribution in [-0.2, 0) is 11.2 Å². The van der Waals surface area contributed by atoms with Crippen molar-refractivity contribution < 1.29 is 18.7 Å². The highest BCUT2D eigenvalue weighted by Crippen LogP contribution is 2.22. The summed E-state index contributed by atoms with van der Waals surface area (Å²) in [5.74, 6) is -0.0736. The molecule has 0 aliphatic carbocycles. The third-order valence-electron chi connectivity index (χ3n) is 4.49. The second kappa shape index (κ2) is 9.26. The van der Waals surface area contributed by atoms with Gasteiger partial charge in [0.1, 0.15) is 16.9 Å². The summed E-state index contributed by atoms with van der Waals surface area (Å²) in [4.78, 5) is 36.7. The van der Waals surface area contributed by atoms with Gasteiger partial charge in [-0.2, -0.15) is 0 Å². The molecule has 0 aliphatic rings. The lowest BCUT2D eigenvalue weighted by atomic mass is 10.1. The van der Waals surface area contributed by atoms with Crippen molar-refractivity contribution in [2.45, 2.75) is 32.8 Å². The molecule has 1 heterocycles. The second-order valence-corrected chi connectivity index (χ2v) is 7.10. The first-order valence-electron chi connectivity index (χ1n) is 9.71. The molecule has 0 spiro atoms. The van der Waals surface area contributed by atoms with Gasteiger partial charge < -0.3 is 19.8 Å². The summed E-state index contributed by atoms with van der Waals surface area (Å²) >= 11 is 0. The summed E-state index contributed by atoms with van der Waals surface area (Å²) < 4.78 is 11.0. The van der Waals surface area contributed by atoms with Crippen molar-refractivity contribution >= 4 is 28.5 Å². The number of aryl methyl sites for hydroxylation is 1. The van der Waals surface area contributed by atoms with Gasteiger partial charge in [0.25, 0.3) is 5.91 Å². The number of rotatable bonds is 7. The fourth-order valence-corrected chi connectivity index (χ4v) is 3.02. The van der Waals surface area contributed by atoms with Crippen LogP contribution in [0.4, 0.5) is 5.69 Å². The van der Waals surface area contributed by atoms with Gasteiger partial charge in [0.2, 0.25) is 5.91 Å². The Morgan fingerprint density at radius 1 is 1.10 bits per heavy atom. The molecule has 0 atom stereocenters. The maximum Gasteiger partial charge on any atom is 0.349 e. The van der Waals surface area contributed by atoms with Crippen LogP contribution in [0.15, 0.2) is 57.7 Å². The lowest BCUT2D eigenvalue weighted by molar-refractivity contribution is -0.120. The van der Waals surface area contributed by atoms with E-state index in [2.05, 4.69) is 10.6 Å². The molecule has 7 heteroatoms.